The van der Waals surface area contributed by atoms with Crippen molar-refractivity contribution >= 4 is 23.4 Å². The Balaban J connectivity index is 3.40. The minimum Gasteiger partial charge on any atom is -0.462 e. The number of hydrogen-bond acceptors (Lipinski definition) is 5. The normalized spacial score (nSPS) is 10.5. The summed E-state index contributed by atoms with van der Waals surface area (Å²) in [7, 11) is 0. The Morgan fingerprint density at radius 3 is 2.72 bits per heavy atom. The van der Waals surface area contributed by atoms with E-state index in [0.717, 1.165) is 0 Å². The van der Waals surface area contributed by atoms with Crippen LogP contribution in [0.2, 0.25) is 5.02 Å². The number of carbonyl (C=O) groups excluding carboxylic acids is 1. The van der Waals surface area contributed by atoms with Crippen molar-refractivity contribution < 1.29 is 23.2 Å². The quantitative estimate of drug-likeness (QED) is 0.481. The lowest BCUT2D eigenvalue weighted by Gasteiger charge is -2.05. The minimum atomic E-state index is -3.13. The minimum absolute atomic E-state index is 0.0186. The van der Waals surface area contributed by atoms with E-state index in [0.29, 0.717) is 6.07 Å². The van der Waals surface area contributed by atoms with Crippen molar-refractivity contribution in [3.8, 4) is 0 Å². The Morgan fingerprint density at radius 1 is 1.67 bits per heavy atom. The predicted molar refractivity (Wildman–Crippen MR) is 56.8 cm³/mol. The van der Waals surface area contributed by atoms with Crippen molar-refractivity contribution in [1.82, 2.24) is 4.98 Å². The number of alkyl halides is 2. The maximum absolute atomic E-state index is 12.6. The summed E-state index contributed by atoms with van der Waals surface area (Å²) in [6.45, 7) is 1.48. The molecule has 98 valence electrons. The van der Waals surface area contributed by atoms with Crippen LogP contribution in [0.25, 0.3) is 0 Å². The van der Waals surface area contributed by atoms with Gasteiger partial charge < -0.3 is 14.9 Å². The van der Waals surface area contributed by atoms with Crippen molar-refractivity contribution in [2.75, 3.05) is 6.61 Å². The number of nitro groups is 1. The van der Waals surface area contributed by atoms with Crippen LogP contribution in [0.4, 0.5) is 14.6 Å². The molecule has 0 bridgehead atoms. The Labute approximate surface area is 105 Å². The number of aromatic nitrogens is 1. The first kappa shape index (κ1) is 14.2. The summed E-state index contributed by atoms with van der Waals surface area (Å²) in [5, 5.41) is 9.88. The van der Waals surface area contributed by atoms with E-state index in [1.807, 2.05) is 0 Å². The molecule has 18 heavy (non-hydrogen) atoms. The molecule has 0 N–H and O–H groups in total. The molecular weight excluding hydrogens is 274 g/mol. The van der Waals surface area contributed by atoms with E-state index in [1.165, 1.54) is 6.92 Å². The van der Waals surface area contributed by atoms with E-state index in [2.05, 4.69) is 9.72 Å². The van der Waals surface area contributed by atoms with Crippen molar-refractivity contribution in [3.05, 3.63) is 32.5 Å². The fourth-order valence-electron chi connectivity index (χ4n) is 1.13. The lowest BCUT2D eigenvalue weighted by Crippen LogP contribution is -2.09. The van der Waals surface area contributed by atoms with E-state index in [4.69, 9.17) is 11.6 Å². The number of carbonyl (C=O) groups is 1. The third-order valence-corrected chi connectivity index (χ3v) is 2.26. The SMILES string of the molecule is CCOC(=O)c1cc([N+](=O)[O-])nc(C(F)F)c1Cl. The van der Waals surface area contributed by atoms with E-state index in [9.17, 15) is 23.7 Å². The Bertz CT molecular complexity index is 496. The van der Waals surface area contributed by atoms with Gasteiger partial charge in [0.25, 0.3) is 0 Å². The van der Waals surface area contributed by atoms with Crippen LogP contribution in [0.3, 0.4) is 0 Å². The van der Waals surface area contributed by atoms with Gasteiger partial charge in [-0.1, -0.05) is 11.6 Å². The van der Waals surface area contributed by atoms with Gasteiger partial charge in [-0.25, -0.2) is 13.6 Å². The highest BCUT2D eigenvalue weighted by Gasteiger charge is 2.29. The fraction of sp³-hybridized carbons (Fsp3) is 0.333. The fourth-order valence-corrected chi connectivity index (χ4v) is 1.39. The van der Waals surface area contributed by atoms with Crippen LogP contribution in [-0.4, -0.2) is 22.5 Å². The summed E-state index contributed by atoms with van der Waals surface area (Å²) in [6.07, 6.45) is -3.13. The summed E-state index contributed by atoms with van der Waals surface area (Å²) in [4.78, 5) is 24.0. The van der Waals surface area contributed by atoms with Gasteiger partial charge in [0.1, 0.15) is 5.02 Å². The molecule has 1 aromatic heterocycles. The van der Waals surface area contributed by atoms with Crippen LogP contribution in [0.5, 0.6) is 0 Å². The number of ether oxygens (including phenoxy) is 1. The van der Waals surface area contributed by atoms with Gasteiger partial charge in [0.2, 0.25) is 5.69 Å². The van der Waals surface area contributed by atoms with Crippen LogP contribution in [0.15, 0.2) is 6.07 Å². The zero-order chi connectivity index (χ0) is 13.9. The third kappa shape index (κ3) is 2.89. The van der Waals surface area contributed by atoms with Crippen molar-refractivity contribution in [3.63, 3.8) is 0 Å². The second-order valence-corrected chi connectivity index (χ2v) is 3.38. The molecule has 0 aliphatic rings. The summed E-state index contributed by atoms with van der Waals surface area (Å²) in [5.74, 6) is -1.91. The number of rotatable bonds is 4. The summed E-state index contributed by atoms with van der Waals surface area (Å²) >= 11 is 5.55. The first-order valence-electron chi connectivity index (χ1n) is 4.68. The standard InChI is InChI=1S/C9H7ClF2N2O4/c1-2-18-9(15)4-3-5(14(16)17)13-7(6(4)10)8(11)12/h3,8H,2H2,1H3. The predicted octanol–water partition coefficient (Wildman–Crippen LogP) is 2.76. The highest BCUT2D eigenvalue weighted by molar-refractivity contribution is 6.34. The summed E-state index contributed by atoms with van der Waals surface area (Å²) in [5.41, 5.74) is -1.52. The van der Waals surface area contributed by atoms with E-state index >= 15 is 0 Å². The van der Waals surface area contributed by atoms with Crippen LogP contribution >= 0.6 is 11.6 Å². The Morgan fingerprint density at radius 2 is 2.28 bits per heavy atom. The van der Waals surface area contributed by atoms with Crippen LogP contribution in [0, 0.1) is 10.1 Å². The zero-order valence-electron chi connectivity index (χ0n) is 9.02. The highest BCUT2D eigenvalue weighted by atomic mass is 35.5. The molecule has 9 heteroatoms. The maximum atomic E-state index is 12.6. The van der Waals surface area contributed by atoms with E-state index < -0.39 is 39.4 Å². The molecule has 0 aliphatic carbocycles. The molecule has 0 radical (unpaired) electrons. The molecule has 0 saturated carbocycles. The molecule has 0 aliphatic heterocycles. The Hall–Kier alpha value is -1.83. The second kappa shape index (κ2) is 5.67. The molecule has 0 fully saturated rings. The molecule has 0 unspecified atom stereocenters. The van der Waals surface area contributed by atoms with Crippen LogP contribution in [-0.2, 0) is 4.74 Å². The molecule has 0 saturated heterocycles. The highest BCUT2D eigenvalue weighted by Crippen LogP contribution is 2.31. The molecule has 1 heterocycles. The van der Waals surface area contributed by atoms with Gasteiger partial charge in [0.15, 0.2) is 0 Å². The number of nitrogens with zero attached hydrogens (tertiary/aromatic N) is 2. The van der Waals surface area contributed by atoms with E-state index in [1.54, 1.807) is 0 Å². The molecule has 6 nitrogen and oxygen atoms in total. The average Bonchev–Trinajstić information content (AvgIpc) is 2.28. The largest absolute Gasteiger partial charge is 0.462 e. The molecular formula is C9H7ClF2N2O4. The van der Waals surface area contributed by atoms with Crippen molar-refractivity contribution in [1.29, 1.82) is 0 Å². The molecule has 0 atom stereocenters. The second-order valence-electron chi connectivity index (χ2n) is 3.01. The first-order valence-corrected chi connectivity index (χ1v) is 5.06. The van der Waals surface area contributed by atoms with Gasteiger partial charge in [0.05, 0.1) is 18.2 Å². The van der Waals surface area contributed by atoms with Crippen LogP contribution < -0.4 is 0 Å². The lowest BCUT2D eigenvalue weighted by molar-refractivity contribution is -0.389. The van der Waals surface area contributed by atoms with Crippen LogP contribution in [0.1, 0.15) is 29.4 Å². The molecule has 0 aromatic carbocycles. The number of halogens is 3. The number of pyridine rings is 1. The molecule has 1 rings (SSSR count). The summed E-state index contributed by atoms with van der Waals surface area (Å²) < 4.78 is 29.7. The Kier molecular flexibility index (Phi) is 4.49. The lowest BCUT2D eigenvalue weighted by atomic mass is 10.2. The van der Waals surface area contributed by atoms with Gasteiger partial charge >= 0.3 is 18.2 Å². The zero-order valence-corrected chi connectivity index (χ0v) is 9.78. The average molecular weight is 281 g/mol. The summed E-state index contributed by atoms with van der Waals surface area (Å²) in [6, 6.07) is 0.701. The topological polar surface area (TPSA) is 82.3 Å². The smallest absolute Gasteiger partial charge is 0.364 e. The third-order valence-electron chi connectivity index (χ3n) is 1.86. The molecule has 0 spiro atoms. The first-order chi connectivity index (χ1) is 8.38. The van der Waals surface area contributed by atoms with Gasteiger partial charge in [-0.2, -0.15) is 0 Å². The van der Waals surface area contributed by atoms with Crippen molar-refractivity contribution in [2.45, 2.75) is 13.3 Å². The van der Waals surface area contributed by atoms with Gasteiger partial charge in [-0.05, 0) is 16.8 Å². The number of esters is 1. The van der Waals surface area contributed by atoms with E-state index in [-0.39, 0.29) is 6.61 Å². The maximum Gasteiger partial charge on any atom is 0.364 e. The number of hydrogen-bond donors (Lipinski definition) is 0. The van der Waals surface area contributed by atoms with Gasteiger partial charge in [-0.3, -0.25) is 0 Å². The van der Waals surface area contributed by atoms with Gasteiger partial charge in [-0.15, -0.1) is 0 Å². The monoisotopic (exact) mass is 280 g/mol. The molecule has 1 aromatic rings. The van der Waals surface area contributed by atoms with Gasteiger partial charge in [0, 0.05) is 0 Å². The van der Waals surface area contributed by atoms with Crippen molar-refractivity contribution in [2.24, 2.45) is 0 Å². The molecule has 0 amide bonds.